The zero-order valence-electron chi connectivity index (χ0n) is 21.5. The molecule has 0 aromatic heterocycles. The van der Waals surface area contributed by atoms with Gasteiger partial charge in [-0.25, -0.2) is 0 Å². The van der Waals surface area contributed by atoms with E-state index in [2.05, 4.69) is 125 Å². The first-order chi connectivity index (χ1) is 16.5. The van der Waals surface area contributed by atoms with E-state index in [4.69, 9.17) is 10.6 Å². The van der Waals surface area contributed by atoms with Gasteiger partial charge in [-0.1, -0.05) is 171 Å². The van der Waals surface area contributed by atoms with Crippen LogP contribution in [-0.4, -0.2) is 0 Å². The van der Waals surface area contributed by atoms with Gasteiger partial charge in [-0.2, -0.15) is 0 Å². The molecule has 0 saturated heterocycles. The first kappa shape index (κ1) is 28.7. The Morgan fingerprint density at radius 1 is 0.343 bits per heavy atom. The van der Waals surface area contributed by atoms with Gasteiger partial charge in [0.2, 0.25) is 0 Å². The number of hydrogen-bond donors (Lipinski definition) is 0. The molecular weight excluding hydrogens is 478 g/mol. The molecule has 0 aliphatic rings. The fourth-order valence-electron chi connectivity index (χ4n) is 3.94. The molecule has 0 bridgehead atoms. The normalized spacial score (nSPS) is 13.8. The molecule has 0 radical (unpaired) electrons. The Hall–Kier alpha value is -2.58. The Labute approximate surface area is 225 Å². The van der Waals surface area contributed by atoms with E-state index in [-0.39, 0.29) is 43.6 Å². The maximum absolute atomic E-state index is 4.82. The van der Waals surface area contributed by atoms with Gasteiger partial charge in [-0.15, -0.1) is 24.2 Å². The van der Waals surface area contributed by atoms with Crippen molar-refractivity contribution < 1.29 is 19.5 Å². The van der Waals surface area contributed by atoms with E-state index in [1.54, 1.807) is 0 Å². The second-order valence-electron chi connectivity index (χ2n) is 8.64. The Balaban J connectivity index is 0.000000240. The van der Waals surface area contributed by atoms with Gasteiger partial charge in [0.1, 0.15) is 0 Å². The third-order valence-corrected chi connectivity index (χ3v) is 6.02. The maximum Gasteiger partial charge on any atom is 2.00 e. The van der Waals surface area contributed by atoms with Gasteiger partial charge in [-0.3, -0.25) is 0 Å². The standard InChI is InChI=1S/2C16H18N.Zn/c2*1-13(15-9-5-3-6-10-15)17-14(2)16-11-7-4-8-12-16;/h2*3-14H,1-2H3;/q2*-1;+2/t2*13-,14-;/m00./s1. The van der Waals surface area contributed by atoms with Crippen LogP contribution in [0.4, 0.5) is 0 Å². The summed E-state index contributed by atoms with van der Waals surface area (Å²) in [5.74, 6) is 0. The number of hydrogen-bond acceptors (Lipinski definition) is 0. The molecule has 4 atom stereocenters. The maximum atomic E-state index is 4.82. The molecule has 0 amide bonds. The van der Waals surface area contributed by atoms with Crippen LogP contribution in [0.15, 0.2) is 121 Å². The number of rotatable bonds is 8. The fourth-order valence-corrected chi connectivity index (χ4v) is 3.94. The summed E-state index contributed by atoms with van der Waals surface area (Å²) in [6.07, 6.45) is 0. The minimum absolute atomic E-state index is 0. The first-order valence-corrected chi connectivity index (χ1v) is 12.1. The van der Waals surface area contributed by atoms with Crippen LogP contribution < -0.4 is 0 Å². The summed E-state index contributed by atoms with van der Waals surface area (Å²) in [5.41, 5.74) is 5.09. The molecule has 35 heavy (non-hydrogen) atoms. The minimum Gasteiger partial charge on any atom is -0.650 e. The van der Waals surface area contributed by atoms with E-state index in [9.17, 15) is 0 Å². The van der Waals surface area contributed by atoms with Crippen molar-refractivity contribution in [3.05, 3.63) is 154 Å². The third-order valence-electron chi connectivity index (χ3n) is 6.02. The van der Waals surface area contributed by atoms with Gasteiger partial charge < -0.3 is 10.6 Å². The van der Waals surface area contributed by atoms with Crippen molar-refractivity contribution in [3.63, 3.8) is 0 Å². The van der Waals surface area contributed by atoms with Crippen LogP contribution in [-0.2, 0) is 19.5 Å². The van der Waals surface area contributed by atoms with Crippen LogP contribution in [0.3, 0.4) is 0 Å². The van der Waals surface area contributed by atoms with E-state index in [1.807, 2.05) is 24.3 Å². The molecule has 176 valence electrons. The molecular formula is C32H36N2Zn. The molecule has 0 spiro atoms. The smallest absolute Gasteiger partial charge is 0.650 e. The molecule has 0 aliphatic carbocycles. The Morgan fingerprint density at radius 3 is 0.686 bits per heavy atom. The van der Waals surface area contributed by atoms with Gasteiger partial charge in [0.15, 0.2) is 0 Å². The Kier molecular flexibility index (Phi) is 12.6. The molecule has 3 heteroatoms. The molecule has 4 aromatic carbocycles. The van der Waals surface area contributed by atoms with Gasteiger partial charge in [0.05, 0.1) is 0 Å². The molecule has 0 saturated carbocycles. The Morgan fingerprint density at radius 2 is 0.514 bits per heavy atom. The molecule has 0 N–H and O–H groups in total. The van der Waals surface area contributed by atoms with E-state index in [1.165, 1.54) is 22.3 Å². The predicted molar refractivity (Wildman–Crippen MR) is 146 cm³/mol. The first-order valence-electron chi connectivity index (χ1n) is 12.1. The fraction of sp³-hybridized carbons (Fsp3) is 0.250. The predicted octanol–water partition coefficient (Wildman–Crippen LogP) is 9.76. The van der Waals surface area contributed by atoms with Crippen LogP contribution in [0.1, 0.15) is 74.1 Å². The summed E-state index contributed by atoms with van der Waals surface area (Å²) in [6.45, 7) is 8.59. The van der Waals surface area contributed by atoms with Crippen LogP contribution >= 0.6 is 0 Å². The van der Waals surface area contributed by atoms with Gasteiger partial charge in [-0.05, 0) is 0 Å². The van der Waals surface area contributed by atoms with Crippen molar-refractivity contribution in [3.8, 4) is 0 Å². The largest absolute Gasteiger partial charge is 2.00 e. The number of nitrogens with zero attached hydrogens (tertiary/aromatic N) is 2. The van der Waals surface area contributed by atoms with Crippen molar-refractivity contribution in [1.82, 2.24) is 0 Å². The summed E-state index contributed by atoms with van der Waals surface area (Å²) in [4.78, 5) is 0. The van der Waals surface area contributed by atoms with E-state index < -0.39 is 0 Å². The average Bonchev–Trinajstić information content (AvgIpc) is 2.91. The van der Waals surface area contributed by atoms with Crippen molar-refractivity contribution in [2.45, 2.75) is 51.9 Å². The van der Waals surface area contributed by atoms with Gasteiger partial charge in [0.25, 0.3) is 0 Å². The van der Waals surface area contributed by atoms with Gasteiger partial charge in [0, 0.05) is 0 Å². The van der Waals surface area contributed by atoms with Crippen LogP contribution in [0.5, 0.6) is 0 Å². The van der Waals surface area contributed by atoms with Crippen molar-refractivity contribution in [1.29, 1.82) is 0 Å². The molecule has 4 aromatic rings. The monoisotopic (exact) mass is 512 g/mol. The summed E-state index contributed by atoms with van der Waals surface area (Å²) in [7, 11) is 0. The van der Waals surface area contributed by atoms with E-state index >= 15 is 0 Å². The zero-order valence-corrected chi connectivity index (χ0v) is 24.4. The van der Waals surface area contributed by atoms with E-state index in [0.717, 1.165) is 0 Å². The molecule has 0 fully saturated rings. The molecule has 4 rings (SSSR count). The second kappa shape index (κ2) is 15.4. The van der Waals surface area contributed by atoms with Crippen LogP contribution in [0, 0.1) is 0 Å². The topological polar surface area (TPSA) is 28.2 Å². The molecule has 0 unspecified atom stereocenters. The zero-order chi connectivity index (χ0) is 24.2. The summed E-state index contributed by atoms with van der Waals surface area (Å²) in [6, 6.07) is 42.7. The third kappa shape index (κ3) is 9.53. The van der Waals surface area contributed by atoms with Crippen molar-refractivity contribution >= 4 is 0 Å². The minimum atomic E-state index is 0. The average molecular weight is 514 g/mol. The SMILES string of the molecule is C[C@H]([N-][C@@H](C)c1ccccc1)c1ccccc1.C[C@H]([N-][C@@H](C)c1ccccc1)c1ccccc1.[Zn+2]. The van der Waals surface area contributed by atoms with Gasteiger partial charge >= 0.3 is 19.5 Å². The van der Waals surface area contributed by atoms with Crippen LogP contribution in [0.25, 0.3) is 10.6 Å². The van der Waals surface area contributed by atoms with Crippen LogP contribution in [0.2, 0.25) is 0 Å². The molecule has 0 heterocycles. The molecule has 0 aliphatic heterocycles. The quantitative estimate of drug-likeness (QED) is 0.210. The van der Waals surface area contributed by atoms with Crippen molar-refractivity contribution in [2.75, 3.05) is 0 Å². The summed E-state index contributed by atoms with van der Waals surface area (Å²) in [5, 5.41) is 9.63. The molecule has 2 nitrogen and oxygen atoms in total. The summed E-state index contributed by atoms with van der Waals surface area (Å²) >= 11 is 0. The second-order valence-corrected chi connectivity index (χ2v) is 8.64. The van der Waals surface area contributed by atoms with E-state index in [0.29, 0.717) is 0 Å². The van der Waals surface area contributed by atoms with Crippen molar-refractivity contribution in [2.24, 2.45) is 0 Å². The summed E-state index contributed by atoms with van der Waals surface area (Å²) < 4.78 is 0. The number of benzene rings is 4. The Bertz CT molecular complexity index is 880.